The van der Waals surface area contributed by atoms with Crippen molar-refractivity contribution in [3.63, 3.8) is 0 Å². The van der Waals surface area contributed by atoms with E-state index in [-0.39, 0.29) is 0 Å². The van der Waals surface area contributed by atoms with E-state index in [0.717, 1.165) is 104 Å². The first-order chi connectivity index (χ1) is 49.6. The number of benzene rings is 16. The zero-order valence-electron chi connectivity index (χ0n) is 53.4. The molecule has 0 aliphatic heterocycles. The van der Waals surface area contributed by atoms with E-state index in [2.05, 4.69) is 321 Å². The Morgan fingerprint density at radius 1 is 0.200 bits per heavy atom. The van der Waals surface area contributed by atoms with Gasteiger partial charge in [-0.05, 0) is 127 Å². The van der Waals surface area contributed by atoms with Crippen LogP contribution in [0.5, 0.6) is 0 Å². The van der Waals surface area contributed by atoms with Crippen molar-refractivity contribution in [3.05, 3.63) is 303 Å². The molecular formula is C92H50N8. The van der Waals surface area contributed by atoms with Crippen LogP contribution in [0.25, 0.3) is 230 Å². The van der Waals surface area contributed by atoms with Gasteiger partial charge in [0.15, 0.2) is 0 Å². The van der Waals surface area contributed by atoms with E-state index in [9.17, 15) is 0 Å². The molecule has 24 aromatic rings. The lowest BCUT2D eigenvalue weighted by Crippen LogP contribution is -2.03. The molecule has 0 radical (unpaired) electrons. The van der Waals surface area contributed by atoms with Gasteiger partial charge in [0.1, 0.15) is 0 Å². The topological polar surface area (TPSA) is 70.2 Å². The van der Waals surface area contributed by atoms with E-state index in [0.29, 0.717) is 11.9 Å². The highest BCUT2D eigenvalue weighted by Gasteiger charge is 2.30. The highest BCUT2D eigenvalue weighted by Crippen LogP contribution is 2.52. The van der Waals surface area contributed by atoms with Gasteiger partial charge >= 0.3 is 0 Å². The lowest BCUT2D eigenvalue weighted by molar-refractivity contribution is 1.01. The molecule has 0 spiro atoms. The first-order valence-corrected chi connectivity index (χ1v) is 34.3. The third kappa shape index (κ3) is 6.78. The number of aromatic nitrogens is 8. The van der Waals surface area contributed by atoms with Crippen LogP contribution in [0.2, 0.25) is 0 Å². The Hall–Kier alpha value is -13.6. The summed E-state index contributed by atoms with van der Waals surface area (Å²) in [5.41, 5.74) is 19.4. The maximum Gasteiger partial charge on any atom is 0.235 e. The van der Waals surface area contributed by atoms with Crippen molar-refractivity contribution in [2.24, 2.45) is 0 Å². The summed E-state index contributed by atoms with van der Waals surface area (Å²) >= 11 is 0. The molecule has 8 nitrogen and oxygen atoms in total. The minimum absolute atomic E-state index is 0.633. The zero-order chi connectivity index (χ0) is 64.7. The number of para-hydroxylation sites is 4. The summed E-state index contributed by atoms with van der Waals surface area (Å²) in [6.07, 6.45) is 0. The van der Waals surface area contributed by atoms with Gasteiger partial charge in [-0.2, -0.15) is 0 Å². The third-order valence-electron chi connectivity index (χ3n) is 22.1. The molecule has 8 heterocycles. The fourth-order valence-corrected chi connectivity index (χ4v) is 18.1. The van der Waals surface area contributed by atoms with E-state index in [4.69, 9.17) is 19.9 Å². The van der Waals surface area contributed by atoms with Crippen LogP contribution in [0, 0.1) is 0 Å². The van der Waals surface area contributed by atoms with E-state index in [1.165, 1.54) is 114 Å². The molecule has 0 aliphatic rings. The van der Waals surface area contributed by atoms with Crippen LogP contribution in [0.15, 0.2) is 303 Å². The van der Waals surface area contributed by atoms with Gasteiger partial charge < -0.3 is 8.80 Å². The molecule has 0 bridgehead atoms. The largest absolute Gasteiger partial charge is 0.308 e. The summed E-state index contributed by atoms with van der Waals surface area (Å²) in [4.78, 5) is 22.7. The second-order valence-electron chi connectivity index (χ2n) is 27.1. The molecule has 458 valence electrons. The van der Waals surface area contributed by atoms with E-state index >= 15 is 0 Å². The molecule has 8 aromatic heterocycles. The van der Waals surface area contributed by atoms with Crippen LogP contribution in [0.4, 0.5) is 0 Å². The smallest absolute Gasteiger partial charge is 0.235 e. The second kappa shape index (κ2) is 19.1. The summed E-state index contributed by atoms with van der Waals surface area (Å²) in [5, 5.41) is 25.9. The molecule has 16 aromatic carbocycles. The molecule has 0 unspecified atom stereocenters. The van der Waals surface area contributed by atoms with Gasteiger partial charge in [-0.3, -0.25) is 9.13 Å². The van der Waals surface area contributed by atoms with E-state index in [1.54, 1.807) is 0 Å². The second-order valence-corrected chi connectivity index (χ2v) is 27.1. The normalized spacial score (nSPS) is 12.6. The Kier molecular flexibility index (Phi) is 10.1. The molecule has 0 saturated heterocycles. The van der Waals surface area contributed by atoms with Crippen molar-refractivity contribution < 1.29 is 0 Å². The van der Waals surface area contributed by atoms with Crippen molar-refractivity contribution in [2.45, 2.75) is 0 Å². The van der Waals surface area contributed by atoms with Gasteiger partial charge in [-0.1, -0.05) is 231 Å². The summed E-state index contributed by atoms with van der Waals surface area (Å²) < 4.78 is 9.67. The Balaban J connectivity index is 0.724. The number of fused-ring (bicyclic) bond motifs is 29. The Morgan fingerprint density at radius 2 is 0.670 bits per heavy atom. The molecule has 0 atom stereocenters. The van der Waals surface area contributed by atoms with Crippen molar-refractivity contribution >= 4 is 185 Å². The summed E-state index contributed by atoms with van der Waals surface area (Å²) in [6, 6.07) is 111. The predicted octanol–water partition coefficient (Wildman–Crippen LogP) is 23.7. The van der Waals surface area contributed by atoms with Gasteiger partial charge in [-0.15, -0.1) is 0 Å². The molecule has 100 heavy (non-hydrogen) atoms. The fourth-order valence-electron chi connectivity index (χ4n) is 18.1. The van der Waals surface area contributed by atoms with Gasteiger partial charge in [0, 0.05) is 86.5 Å². The Morgan fingerprint density at radius 3 is 1.30 bits per heavy atom. The molecule has 0 fully saturated rings. The Labute approximate surface area is 568 Å². The highest BCUT2D eigenvalue weighted by atomic mass is 15.2. The molecular weight excluding hydrogens is 1220 g/mol. The summed E-state index contributed by atoms with van der Waals surface area (Å²) in [7, 11) is 0. The molecule has 0 N–H and O–H groups in total. The van der Waals surface area contributed by atoms with Crippen LogP contribution < -0.4 is 0 Å². The molecule has 8 heteroatoms. The van der Waals surface area contributed by atoms with Crippen LogP contribution >= 0.6 is 0 Å². The summed E-state index contributed by atoms with van der Waals surface area (Å²) in [6.45, 7) is 0. The van der Waals surface area contributed by atoms with Crippen LogP contribution in [0.1, 0.15) is 0 Å². The number of nitrogens with zero attached hydrogens (tertiary/aromatic N) is 8. The first-order valence-electron chi connectivity index (χ1n) is 34.3. The van der Waals surface area contributed by atoms with Crippen molar-refractivity contribution in [1.29, 1.82) is 0 Å². The fraction of sp³-hybridized carbons (Fsp3) is 0. The lowest BCUT2D eigenvalue weighted by atomic mass is 9.92. The molecule has 0 amide bonds. The van der Waals surface area contributed by atoms with Crippen LogP contribution in [-0.2, 0) is 0 Å². The highest BCUT2D eigenvalue weighted by molar-refractivity contribution is 6.40. The Bertz CT molecular complexity index is 7770. The number of hydrogen-bond acceptors (Lipinski definition) is 4. The monoisotopic (exact) mass is 1270 g/mol. The molecule has 0 saturated carbocycles. The van der Waals surface area contributed by atoms with E-state index < -0.39 is 0 Å². The average molecular weight is 1270 g/mol. The van der Waals surface area contributed by atoms with Crippen molar-refractivity contribution in [3.8, 4) is 45.5 Å². The number of rotatable bonds is 5. The number of hydrogen-bond donors (Lipinski definition) is 0. The van der Waals surface area contributed by atoms with Gasteiger partial charge in [0.2, 0.25) is 11.9 Å². The average Bonchev–Trinajstić information content (AvgIpc) is 1.51. The molecule has 0 aliphatic carbocycles. The SMILES string of the molecule is c1ccc(-c2nc(-n3c4ccccc4c4c5c6cc7ccccc7cc6n6c7ccccc7c(cc43)c56)nc3ccc4cc(-c5cccc6c5ccc5c6c6c7c8ccccc8n(-c8nc(-c9ccccc9)c9c(ccc%10ccccc%109)n8)c7cc7c8ccccc8n5c76)ccc4c23)cc1. The van der Waals surface area contributed by atoms with Crippen molar-refractivity contribution in [1.82, 2.24) is 37.9 Å². The molecule has 24 rings (SSSR count). The predicted molar refractivity (Wildman–Crippen MR) is 417 cm³/mol. The maximum atomic E-state index is 5.78. The first kappa shape index (κ1) is 52.7. The van der Waals surface area contributed by atoms with Crippen LogP contribution in [0.3, 0.4) is 0 Å². The van der Waals surface area contributed by atoms with Gasteiger partial charge in [0.05, 0.1) is 77.6 Å². The maximum absolute atomic E-state index is 5.78. The lowest BCUT2D eigenvalue weighted by Gasteiger charge is -2.15. The van der Waals surface area contributed by atoms with Crippen molar-refractivity contribution in [2.75, 3.05) is 0 Å². The third-order valence-corrected chi connectivity index (χ3v) is 22.1. The quantitative estimate of drug-likeness (QED) is 0.161. The minimum atomic E-state index is 0.633. The van der Waals surface area contributed by atoms with E-state index in [1.807, 2.05) is 0 Å². The van der Waals surface area contributed by atoms with Crippen LogP contribution in [-0.4, -0.2) is 37.9 Å². The standard InChI is InChI=1S/C92H50N8/c1-3-21-52(22-4-1)87-80-59-27-10-9-20-51(59)39-43-70(80)93-92(95-87)100-75-37-18-14-31-66(75)84-79(100)50-68-63-29-11-15-34-72(63)97-76-45-42-61-58(32-19-33-64(61)82(76)86(84)90(68)97)56-38-41-60-57(46-56)40-44-71-81(60)88(53-23-5-2-6-24-53)96-91(94-71)99-74-36-17-13-30-65(74)83-78(99)49-67-62-28-12-16-35-73(62)98-77-48-55-26-8-7-25-54(55)47-69(77)85(83)89(67)98/h1-50H. The summed E-state index contributed by atoms with van der Waals surface area (Å²) in [5.74, 6) is 1.27. The minimum Gasteiger partial charge on any atom is -0.308 e. The van der Waals surface area contributed by atoms with Gasteiger partial charge in [-0.25, -0.2) is 19.9 Å². The zero-order valence-corrected chi connectivity index (χ0v) is 53.4. The van der Waals surface area contributed by atoms with Gasteiger partial charge in [0.25, 0.3) is 0 Å².